The molecule has 0 saturated heterocycles. The summed E-state index contributed by atoms with van der Waals surface area (Å²) in [6.07, 6.45) is 3.25. The van der Waals surface area contributed by atoms with Crippen LogP contribution in [-0.2, 0) is 10.0 Å². The molecule has 0 aliphatic heterocycles. The van der Waals surface area contributed by atoms with E-state index in [0.29, 0.717) is 0 Å². The third-order valence-electron chi connectivity index (χ3n) is 2.91. The van der Waals surface area contributed by atoms with Gasteiger partial charge in [0, 0.05) is 18.3 Å². The lowest BCUT2D eigenvalue weighted by atomic mass is 10.1. The molecule has 0 fully saturated rings. The minimum atomic E-state index is -3.81. The standard InChI is InChI=1S/C14H19FN4O2S/c1-10-7-17-19(8-10)13-5-4-11(6-12(13)15)22(20,21)18-9-14(2,3)16/h4-8,18H,9,16H2,1-3H3. The van der Waals surface area contributed by atoms with Crippen LogP contribution in [0.1, 0.15) is 19.4 Å². The van der Waals surface area contributed by atoms with Crippen molar-refractivity contribution < 1.29 is 12.8 Å². The molecule has 0 radical (unpaired) electrons. The zero-order valence-corrected chi connectivity index (χ0v) is 13.5. The molecular weight excluding hydrogens is 307 g/mol. The molecule has 120 valence electrons. The van der Waals surface area contributed by atoms with Crippen molar-refractivity contribution in [1.29, 1.82) is 0 Å². The zero-order chi connectivity index (χ0) is 16.5. The van der Waals surface area contributed by atoms with Gasteiger partial charge >= 0.3 is 0 Å². The van der Waals surface area contributed by atoms with Crippen LogP contribution in [0.3, 0.4) is 0 Å². The van der Waals surface area contributed by atoms with E-state index in [9.17, 15) is 12.8 Å². The first-order valence-corrected chi connectivity index (χ1v) is 8.16. The molecule has 0 aliphatic rings. The predicted octanol–water partition coefficient (Wildman–Crippen LogP) is 1.34. The molecule has 8 heteroatoms. The summed E-state index contributed by atoms with van der Waals surface area (Å²) in [6, 6.07) is 3.68. The molecule has 1 aromatic carbocycles. The van der Waals surface area contributed by atoms with Gasteiger partial charge in [-0.15, -0.1) is 0 Å². The van der Waals surface area contributed by atoms with Gasteiger partial charge < -0.3 is 5.73 Å². The molecule has 0 bridgehead atoms. The number of sulfonamides is 1. The highest BCUT2D eigenvalue weighted by Crippen LogP contribution is 2.18. The van der Waals surface area contributed by atoms with Gasteiger partial charge in [-0.2, -0.15) is 5.10 Å². The quantitative estimate of drug-likeness (QED) is 0.867. The topological polar surface area (TPSA) is 90.0 Å². The Bertz CT molecular complexity index is 778. The first-order valence-electron chi connectivity index (χ1n) is 6.68. The van der Waals surface area contributed by atoms with Crippen LogP contribution in [0.25, 0.3) is 5.69 Å². The van der Waals surface area contributed by atoms with Crippen LogP contribution in [-0.4, -0.2) is 30.3 Å². The normalized spacial score (nSPS) is 12.6. The van der Waals surface area contributed by atoms with Gasteiger partial charge in [-0.1, -0.05) is 0 Å². The van der Waals surface area contributed by atoms with E-state index in [-0.39, 0.29) is 17.1 Å². The van der Waals surface area contributed by atoms with Gasteiger partial charge in [0.2, 0.25) is 10.0 Å². The summed E-state index contributed by atoms with van der Waals surface area (Å²) < 4.78 is 42.1. The van der Waals surface area contributed by atoms with Gasteiger partial charge in [0.05, 0.1) is 11.1 Å². The summed E-state index contributed by atoms with van der Waals surface area (Å²) >= 11 is 0. The molecule has 0 saturated carbocycles. The maximum atomic E-state index is 14.2. The summed E-state index contributed by atoms with van der Waals surface area (Å²) in [4.78, 5) is -0.151. The average molecular weight is 326 g/mol. The monoisotopic (exact) mass is 326 g/mol. The number of hydrogen-bond donors (Lipinski definition) is 2. The molecule has 0 unspecified atom stereocenters. The fourth-order valence-electron chi connectivity index (χ4n) is 1.75. The number of halogens is 1. The zero-order valence-electron chi connectivity index (χ0n) is 12.7. The van der Waals surface area contributed by atoms with Crippen LogP contribution in [0.4, 0.5) is 4.39 Å². The summed E-state index contributed by atoms with van der Waals surface area (Å²) in [6.45, 7) is 5.27. The SMILES string of the molecule is Cc1cnn(-c2ccc(S(=O)(=O)NCC(C)(C)N)cc2F)c1. The molecule has 2 rings (SSSR count). The minimum absolute atomic E-state index is 0.0526. The Balaban J connectivity index is 2.29. The molecule has 0 aliphatic carbocycles. The molecule has 0 spiro atoms. The van der Waals surface area contributed by atoms with Crippen molar-refractivity contribution in [1.82, 2.24) is 14.5 Å². The van der Waals surface area contributed by atoms with Crippen molar-refractivity contribution in [2.75, 3.05) is 6.54 Å². The van der Waals surface area contributed by atoms with Crippen molar-refractivity contribution in [2.45, 2.75) is 31.2 Å². The molecule has 1 heterocycles. The Hall–Kier alpha value is -1.77. The Kier molecular flexibility index (Phi) is 4.37. The van der Waals surface area contributed by atoms with E-state index in [1.54, 1.807) is 26.2 Å². The van der Waals surface area contributed by atoms with Crippen LogP contribution in [0, 0.1) is 12.7 Å². The number of nitrogens with one attached hydrogen (secondary N) is 1. The number of aromatic nitrogens is 2. The van der Waals surface area contributed by atoms with Crippen molar-refractivity contribution in [3.05, 3.63) is 42.0 Å². The van der Waals surface area contributed by atoms with E-state index < -0.39 is 21.4 Å². The van der Waals surface area contributed by atoms with E-state index in [1.807, 2.05) is 6.92 Å². The fraction of sp³-hybridized carbons (Fsp3) is 0.357. The Morgan fingerprint density at radius 1 is 1.41 bits per heavy atom. The molecule has 0 atom stereocenters. The summed E-state index contributed by atoms with van der Waals surface area (Å²) in [5.74, 6) is -0.669. The van der Waals surface area contributed by atoms with Crippen molar-refractivity contribution in [3.63, 3.8) is 0 Å². The summed E-state index contributed by atoms with van der Waals surface area (Å²) in [5.41, 5.74) is 6.11. The summed E-state index contributed by atoms with van der Waals surface area (Å²) in [5, 5.41) is 4.00. The van der Waals surface area contributed by atoms with Crippen LogP contribution in [0.15, 0.2) is 35.5 Å². The Morgan fingerprint density at radius 2 is 2.09 bits per heavy atom. The number of benzene rings is 1. The fourth-order valence-corrected chi connectivity index (χ4v) is 2.98. The van der Waals surface area contributed by atoms with Gasteiger partial charge in [0.25, 0.3) is 0 Å². The van der Waals surface area contributed by atoms with Gasteiger partial charge in [-0.25, -0.2) is 22.2 Å². The molecule has 3 N–H and O–H groups in total. The lowest BCUT2D eigenvalue weighted by Crippen LogP contribution is -2.45. The number of aryl methyl sites for hydroxylation is 1. The highest BCUT2D eigenvalue weighted by molar-refractivity contribution is 7.89. The Morgan fingerprint density at radius 3 is 2.59 bits per heavy atom. The van der Waals surface area contributed by atoms with Crippen molar-refractivity contribution in [2.24, 2.45) is 5.73 Å². The highest BCUT2D eigenvalue weighted by Gasteiger charge is 2.20. The molecule has 0 amide bonds. The second-order valence-corrected chi connectivity index (χ2v) is 7.66. The third-order valence-corrected chi connectivity index (χ3v) is 4.30. The lowest BCUT2D eigenvalue weighted by molar-refractivity contribution is 0.497. The minimum Gasteiger partial charge on any atom is -0.324 e. The number of rotatable bonds is 5. The van der Waals surface area contributed by atoms with Gasteiger partial charge in [0.1, 0.15) is 11.5 Å². The summed E-state index contributed by atoms with van der Waals surface area (Å²) in [7, 11) is -3.81. The second-order valence-electron chi connectivity index (χ2n) is 5.89. The average Bonchev–Trinajstić information content (AvgIpc) is 2.82. The van der Waals surface area contributed by atoms with Crippen LogP contribution < -0.4 is 10.5 Å². The van der Waals surface area contributed by atoms with Gasteiger partial charge in [-0.3, -0.25) is 0 Å². The predicted molar refractivity (Wildman–Crippen MR) is 81.7 cm³/mol. The first-order chi connectivity index (χ1) is 10.1. The first kappa shape index (κ1) is 16.6. The highest BCUT2D eigenvalue weighted by atomic mass is 32.2. The lowest BCUT2D eigenvalue weighted by Gasteiger charge is -2.19. The van der Waals surface area contributed by atoms with E-state index in [0.717, 1.165) is 11.6 Å². The molecule has 22 heavy (non-hydrogen) atoms. The maximum absolute atomic E-state index is 14.2. The largest absolute Gasteiger partial charge is 0.324 e. The smallest absolute Gasteiger partial charge is 0.240 e. The second kappa shape index (κ2) is 5.79. The molecule has 2 aromatic rings. The van der Waals surface area contributed by atoms with E-state index in [2.05, 4.69) is 9.82 Å². The van der Waals surface area contributed by atoms with Crippen LogP contribution >= 0.6 is 0 Å². The van der Waals surface area contributed by atoms with Crippen molar-refractivity contribution in [3.8, 4) is 5.69 Å². The maximum Gasteiger partial charge on any atom is 0.240 e. The number of nitrogens with zero attached hydrogens (tertiary/aromatic N) is 2. The van der Waals surface area contributed by atoms with Gasteiger partial charge in [-0.05, 0) is 44.5 Å². The van der Waals surface area contributed by atoms with Crippen LogP contribution in [0.5, 0.6) is 0 Å². The van der Waals surface area contributed by atoms with E-state index in [1.165, 1.54) is 16.8 Å². The third kappa shape index (κ3) is 3.90. The van der Waals surface area contributed by atoms with Crippen LogP contribution in [0.2, 0.25) is 0 Å². The number of nitrogens with two attached hydrogens (primary N) is 1. The van der Waals surface area contributed by atoms with E-state index >= 15 is 0 Å². The molecular formula is C14H19FN4O2S. The number of hydrogen-bond acceptors (Lipinski definition) is 4. The molecule has 1 aromatic heterocycles. The van der Waals surface area contributed by atoms with E-state index in [4.69, 9.17) is 5.73 Å². The van der Waals surface area contributed by atoms with Crippen molar-refractivity contribution >= 4 is 10.0 Å². The van der Waals surface area contributed by atoms with Gasteiger partial charge in [0.15, 0.2) is 0 Å². The Labute approximate surface area is 129 Å². The molecule has 6 nitrogen and oxygen atoms in total.